The zero-order valence-electron chi connectivity index (χ0n) is 7.98. The Bertz CT molecular complexity index is 181. The second-order valence-corrected chi connectivity index (χ2v) is 2.76. The summed E-state index contributed by atoms with van der Waals surface area (Å²) < 4.78 is 20.0. The van der Waals surface area contributed by atoms with Crippen LogP contribution in [0.5, 0.6) is 0 Å². The number of rotatable bonds is 3. The van der Waals surface area contributed by atoms with Gasteiger partial charge in [-0.2, -0.15) is 0 Å². The third kappa shape index (κ3) is 1.99. The third-order valence-corrected chi connectivity index (χ3v) is 2.12. The lowest BCUT2D eigenvalue weighted by atomic mass is 10.1. The van der Waals surface area contributed by atoms with Crippen LogP contribution in [0.25, 0.3) is 0 Å². The number of esters is 1. The minimum atomic E-state index is -0.691. The van der Waals surface area contributed by atoms with E-state index in [1.165, 1.54) is 14.2 Å². The van der Waals surface area contributed by atoms with Gasteiger partial charge in [-0.05, 0) is 0 Å². The highest BCUT2D eigenvalue weighted by Gasteiger charge is 2.41. The maximum Gasteiger partial charge on any atom is 0.338 e. The van der Waals surface area contributed by atoms with E-state index in [4.69, 9.17) is 18.9 Å². The standard InChI is InChI=1S/C8H14O5/c1-10-5-4-13-8(9)7(12-3)6(5)11-2/h5-7H,4H2,1-3H3/t5-,6+,7-/m1/s1. The second kappa shape index (κ2) is 4.55. The molecule has 13 heavy (non-hydrogen) atoms. The first-order chi connectivity index (χ1) is 6.24. The van der Waals surface area contributed by atoms with Gasteiger partial charge in [-0.3, -0.25) is 0 Å². The smallest absolute Gasteiger partial charge is 0.338 e. The predicted molar refractivity (Wildman–Crippen MR) is 43.4 cm³/mol. The van der Waals surface area contributed by atoms with Gasteiger partial charge in [-0.25, -0.2) is 4.79 Å². The van der Waals surface area contributed by atoms with E-state index in [1.807, 2.05) is 0 Å². The van der Waals surface area contributed by atoms with Gasteiger partial charge in [0.25, 0.3) is 0 Å². The highest BCUT2D eigenvalue weighted by Crippen LogP contribution is 2.17. The number of hydrogen-bond acceptors (Lipinski definition) is 5. The van der Waals surface area contributed by atoms with Gasteiger partial charge in [0.2, 0.25) is 0 Å². The van der Waals surface area contributed by atoms with Gasteiger partial charge in [0.15, 0.2) is 6.10 Å². The topological polar surface area (TPSA) is 54.0 Å². The Morgan fingerprint density at radius 3 is 2.38 bits per heavy atom. The molecule has 1 fully saturated rings. The molecule has 1 aliphatic heterocycles. The molecule has 0 radical (unpaired) electrons. The lowest BCUT2D eigenvalue weighted by Gasteiger charge is -2.33. The second-order valence-electron chi connectivity index (χ2n) is 2.76. The molecule has 1 rings (SSSR count). The molecule has 5 nitrogen and oxygen atoms in total. The highest BCUT2D eigenvalue weighted by molar-refractivity contribution is 5.76. The number of hydrogen-bond donors (Lipinski definition) is 0. The Hall–Kier alpha value is -0.650. The van der Waals surface area contributed by atoms with Gasteiger partial charge in [0.05, 0.1) is 0 Å². The Morgan fingerprint density at radius 2 is 1.92 bits per heavy atom. The molecular formula is C8H14O5. The summed E-state index contributed by atoms with van der Waals surface area (Å²) in [5.41, 5.74) is 0. The number of methoxy groups -OCH3 is 3. The van der Waals surface area contributed by atoms with E-state index in [0.29, 0.717) is 0 Å². The van der Waals surface area contributed by atoms with E-state index < -0.39 is 18.2 Å². The minimum Gasteiger partial charge on any atom is -0.461 e. The van der Waals surface area contributed by atoms with Gasteiger partial charge in [0.1, 0.15) is 18.8 Å². The summed E-state index contributed by atoms with van der Waals surface area (Å²) in [7, 11) is 4.50. The summed E-state index contributed by atoms with van der Waals surface area (Å²) in [6.45, 7) is 0.216. The van der Waals surface area contributed by atoms with Crippen LogP contribution in [-0.4, -0.2) is 52.2 Å². The molecule has 0 aromatic carbocycles. The van der Waals surface area contributed by atoms with Gasteiger partial charge in [-0.15, -0.1) is 0 Å². The molecule has 0 aromatic rings. The number of carbonyl (C=O) groups excluding carboxylic acids is 1. The average molecular weight is 190 g/mol. The number of ether oxygens (including phenoxy) is 4. The monoisotopic (exact) mass is 190 g/mol. The molecule has 5 heteroatoms. The van der Waals surface area contributed by atoms with E-state index in [9.17, 15) is 4.79 Å². The fourth-order valence-corrected chi connectivity index (χ4v) is 1.38. The van der Waals surface area contributed by atoms with Crippen LogP contribution >= 0.6 is 0 Å². The largest absolute Gasteiger partial charge is 0.461 e. The third-order valence-electron chi connectivity index (χ3n) is 2.12. The Morgan fingerprint density at radius 1 is 1.23 bits per heavy atom. The van der Waals surface area contributed by atoms with Crippen molar-refractivity contribution in [1.29, 1.82) is 0 Å². The lowest BCUT2D eigenvalue weighted by molar-refractivity contribution is -0.197. The van der Waals surface area contributed by atoms with Crippen LogP contribution in [0.15, 0.2) is 0 Å². The molecule has 1 heterocycles. The molecule has 76 valence electrons. The number of cyclic esters (lactones) is 1. The summed E-state index contributed by atoms with van der Waals surface area (Å²) in [5, 5.41) is 0. The van der Waals surface area contributed by atoms with E-state index in [-0.39, 0.29) is 12.7 Å². The Balaban J connectivity index is 2.70. The normalized spacial score (nSPS) is 34.4. The molecule has 0 bridgehead atoms. The molecule has 0 amide bonds. The zero-order chi connectivity index (χ0) is 9.84. The first-order valence-electron chi connectivity index (χ1n) is 3.99. The molecule has 0 spiro atoms. The summed E-state index contributed by atoms with van der Waals surface area (Å²) in [5.74, 6) is -0.400. The lowest BCUT2D eigenvalue weighted by Crippen LogP contribution is -2.53. The van der Waals surface area contributed by atoms with Gasteiger partial charge >= 0.3 is 5.97 Å². The van der Waals surface area contributed by atoms with Crippen LogP contribution in [-0.2, 0) is 23.7 Å². The predicted octanol–water partition coefficient (Wildman–Crippen LogP) is -0.412. The van der Waals surface area contributed by atoms with E-state index in [1.54, 1.807) is 7.11 Å². The summed E-state index contributed by atoms with van der Waals surface area (Å²) in [6, 6.07) is 0. The SMILES string of the molecule is CO[C@H]1[C@H](OC)COC(=O)[C@@H]1OC. The van der Waals surface area contributed by atoms with E-state index in [0.717, 1.165) is 0 Å². The average Bonchev–Trinajstić information content (AvgIpc) is 2.17. The van der Waals surface area contributed by atoms with E-state index in [2.05, 4.69) is 0 Å². The molecule has 1 saturated heterocycles. The fourth-order valence-electron chi connectivity index (χ4n) is 1.38. The van der Waals surface area contributed by atoms with Crippen LogP contribution in [0, 0.1) is 0 Å². The fraction of sp³-hybridized carbons (Fsp3) is 0.875. The molecule has 0 N–H and O–H groups in total. The molecule has 0 saturated carbocycles. The van der Waals surface area contributed by atoms with Gasteiger partial charge < -0.3 is 18.9 Å². The highest BCUT2D eigenvalue weighted by atomic mass is 16.6. The quantitative estimate of drug-likeness (QED) is 0.566. The van der Waals surface area contributed by atoms with Crippen molar-refractivity contribution in [2.45, 2.75) is 18.3 Å². The maximum absolute atomic E-state index is 11.2. The van der Waals surface area contributed by atoms with Crippen molar-refractivity contribution in [1.82, 2.24) is 0 Å². The minimum absolute atomic E-state index is 0.216. The van der Waals surface area contributed by atoms with Crippen molar-refractivity contribution in [3.8, 4) is 0 Å². The van der Waals surface area contributed by atoms with Gasteiger partial charge in [0, 0.05) is 21.3 Å². The van der Waals surface area contributed by atoms with Crippen molar-refractivity contribution in [3.63, 3.8) is 0 Å². The molecule has 3 atom stereocenters. The van der Waals surface area contributed by atoms with Crippen LogP contribution in [0.1, 0.15) is 0 Å². The summed E-state index contributed by atoms with van der Waals surface area (Å²) in [4.78, 5) is 11.2. The van der Waals surface area contributed by atoms with Crippen molar-refractivity contribution in [2.24, 2.45) is 0 Å². The zero-order valence-corrected chi connectivity index (χ0v) is 7.98. The number of carbonyl (C=O) groups is 1. The van der Waals surface area contributed by atoms with Crippen LogP contribution in [0.4, 0.5) is 0 Å². The summed E-state index contributed by atoms with van der Waals surface area (Å²) >= 11 is 0. The molecule has 0 aromatic heterocycles. The molecule has 1 aliphatic rings. The van der Waals surface area contributed by atoms with Gasteiger partial charge in [-0.1, -0.05) is 0 Å². The van der Waals surface area contributed by atoms with Crippen molar-refractivity contribution in [2.75, 3.05) is 27.9 Å². The molecule has 0 aliphatic carbocycles. The summed E-state index contributed by atoms with van der Waals surface area (Å²) in [6.07, 6.45) is -1.34. The first-order valence-corrected chi connectivity index (χ1v) is 3.99. The maximum atomic E-state index is 11.2. The molecular weight excluding hydrogens is 176 g/mol. The van der Waals surface area contributed by atoms with Crippen molar-refractivity contribution >= 4 is 5.97 Å². The van der Waals surface area contributed by atoms with Crippen LogP contribution in [0.3, 0.4) is 0 Å². The van der Waals surface area contributed by atoms with Crippen molar-refractivity contribution in [3.05, 3.63) is 0 Å². The molecule has 0 unspecified atom stereocenters. The Kier molecular flexibility index (Phi) is 3.65. The van der Waals surface area contributed by atoms with Crippen LogP contribution < -0.4 is 0 Å². The van der Waals surface area contributed by atoms with Crippen LogP contribution in [0.2, 0.25) is 0 Å². The van der Waals surface area contributed by atoms with Crippen molar-refractivity contribution < 1.29 is 23.7 Å². The first kappa shape index (κ1) is 10.4. The Labute approximate surface area is 76.9 Å². The van der Waals surface area contributed by atoms with E-state index >= 15 is 0 Å².